The summed E-state index contributed by atoms with van der Waals surface area (Å²) < 4.78 is 20.5. The molecule has 4 rings (SSSR count). The van der Waals surface area contributed by atoms with E-state index in [1.54, 1.807) is 6.33 Å². The summed E-state index contributed by atoms with van der Waals surface area (Å²) in [4.78, 5) is 17.7. The standard InChI is InChI=1S/C21H24FN5O/c1-3-6-14-7-5-8-18(17(14)4-2)28-11-16-9-15(22)10-27(16)21-19-20(24-12-23-19)25-13-26-21/h3,5-8,12-13,15-16H,4,9-11H2,1-2H3,(H,23,24,25,26). The van der Waals surface area contributed by atoms with E-state index in [-0.39, 0.29) is 6.04 Å². The minimum absolute atomic E-state index is 0.105. The molecule has 3 heterocycles. The van der Waals surface area contributed by atoms with Crippen molar-refractivity contribution in [1.82, 2.24) is 19.9 Å². The number of rotatable bonds is 6. The van der Waals surface area contributed by atoms with Crippen LogP contribution in [0, 0.1) is 0 Å². The quantitative estimate of drug-likeness (QED) is 0.700. The van der Waals surface area contributed by atoms with Crippen LogP contribution in [0.1, 0.15) is 31.4 Å². The lowest BCUT2D eigenvalue weighted by atomic mass is 10.0. The summed E-state index contributed by atoms with van der Waals surface area (Å²) in [5.74, 6) is 1.53. The summed E-state index contributed by atoms with van der Waals surface area (Å²) in [5, 5.41) is 0. The number of benzene rings is 1. The maximum Gasteiger partial charge on any atom is 0.182 e. The smallest absolute Gasteiger partial charge is 0.182 e. The number of imidazole rings is 1. The molecular weight excluding hydrogens is 357 g/mol. The zero-order valence-electron chi connectivity index (χ0n) is 16.1. The number of ether oxygens (including phenoxy) is 1. The van der Waals surface area contributed by atoms with Crippen molar-refractivity contribution in [3.63, 3.8) is 0 Å². The van der Waals surface area contributed by atoms with Gasteiger partial charge in [-0.15, -0.1) is 0 Å². The molecule has 0 spiro atoms. The Balaban J connectivity index is 1.58. The van der Waals surface area contributed by atoms with Crippen LogP contribution in [0.25, 0.3) is 17.2 Å². The second-order valence-corrected chi connectivity index (χ2v) is 6.93. The van der Waals surface area contributed by atoms with Gasteiger partial charge in [-0.1, -0.05) is 31.2 Å². The Morgan fingerprint density at radius 3 is 3.04 bits per heavy atom. The van der Waals surface area contributed by atoms with E-state index < -0.39 is 6.17 Å². The van der Waals surface area contributed by atoms with Crippen molar-refractivity contribution in [3.05, 3.63) is 48.1 Å². The van der Waals surface area contributed by atoms with E-state index in [1.165, 1.54) is 11.9 Å². The number of aromatic nitrogens is 4. The highest BCUT2D eigenvalue weighted by atomic mass is 19.1. The molecule has 1 aliphatic heterocycles. The predicted octanol–water partition coefficient (Wildman–Crippen LogP) is 3.94. The third-order valence-corrected chi connectivity index (χ3v) is 5.14. The van der Waals surface area contributed by atoms with Gasteiger partial charge in [-0.2, -0.15) is 0 Å². The van der Waals surface area contributed by atoms with E-state index in [0.29, 0.717) is 31.0 Å². The van der Waals surface area contributed by atoms with Crippen molar-refractivity contribution < 1.29 is 9.13 Å². The number of hydrogen-bond donors (Lipinski definition) is 1. The Bertz CT molecular complexity index is 986. The molecule has 1 N–H and O–H groups in total. The van der Waals surface area contributed by atoms with Crippen LogP contribution in [0.15, 0.2) is 36.9 Å². The molecule has 0 bridgehead atoms. The van der Waals surface area contributed by atoms with E-state index in [0.717, 1.165) is 23.3 Å². The molecule has 1 fully saturated rings. The Morgan fingerprint density at radius 1 is 1.32 bits per heavy atom. The minimum atomic E-state index is -0.915. The summed E-state index contributed by atoms with van der Waals surface area (Å²) in [6.45, 7) is 4.80. The number of fused-ring (bicyclic) bond motifs is 1. The number of nitrogens with one attached hydrogen (secondary N) is 1. The van der Waals surface area contributed by atoms with Gasteiger partial charge in [0.25, 0.3) is 0 Å². The third kappa shape index (κ3) is 3.44. The molecule has 2 aromatic heterocycles. The van der Waals surface area contributed by atoms with Gasteiger partial charge in [0.1, 0.15) is 30.4 Å². The van der Waals surface area contributed by atoms with Crippen molar-refractivity contribution in [2.24, 2.45) is 0 Å². The van der Waals surface area contributed by atoms with Crippen LogP contribution in [-0.4, -0.2) is 45.3 Å². The number of H-pyrrole nitrogens is 1. The van der Waals surface area contributed by atoms with Crippen molar-refractivity contribution in [1.29, 1.82) is 0 Å². The second-order valence-electron chi connectivity index (χ2n) is 6.93. The lowest BCUT2D eigenvalue weighted by Gasteiger charge is -2.26. The van der Waals surface area contributed by atoms with Gasteiger partial charge in [0.2, 0.25) is 0 Å². The number of aromatic amines is 1. The third-order valence-electron chi connectivity index (χ3n) is 5.14. The average Bonchev–Trinajstić information content (AvgIpc) is 3.32. The molecule has 6 nitrogen and oxygen atoms in total. The van der Waals surface area contributed by atoms with E-state index in [9.17, 15) is 4.39 Å². The zero-order valence-corrected chi connectivity index (χ0v) is 16.1. The molecule has 0 amide bonds. The van der Waals surface area contributed by atoms with Crippen LogP contribution < -0.4 is 9.64 Å². The van der Waals surface area contributed by atoms with Crippen LogP contribution >= 0.6 is 0 Å². The summed E-state index contributed by atoms with van der Waals surface area (Å²) in [6, 6.07) is 5.95. The first-order valence-corrected chi connectivity index (χ1v) is 9.63. The van der Waals surface area contributed by atoms with Crippen molar-refractivity contribution in [3.8, 4) is 5.75 Å². The van der Waals surface area contributed by atoms with Gasteiger partial charge in [0.05, 0.1) is 18.9 Å². The molecule has 3 aromatic rings. The average molecular weight is 381 g/mol. The monoisotopic (exact) mass is 381 g/mol. The molecule has 1 aliphatic rings. The largest absolute Gasteiger partial charge is 0.491 e. The Labute approximate surface area is 163 Å². The van der Waals surface area contributed by atoms with Gasteiger partial charge in [-0.25, -0.2) is 19.3 Å². The molecule has 146 valence electrons. The van der Waals surface area contributed by atoms with E-state index in [4.69, 9.17) is 4.74 Å². The summed E-state index contributed by atoms with van der Waals surface area (Å²) in [6.07, 6.45) is 7.53. The maximum atomic E-state index is 14.3. The number of alkyl halides is 1. The molecule has 7 heteroatoms. The number of anilines is 1. The van der Waals surface area contributed by atoms with Gasteiger partial charge in [-0.3, -0.25) is 0 Å². The highest BCUT2D eigenvalue weighted by molar-refractivity contribution is 5.83. The fourth-order valence-corrected chi connectivity index (χ4v) is 3.86. The molecule has 1 aromatic carbocycles. The molecular formula is C21H24FN5O. The van der Waals surface area contributed by atoms with Crippen LogP contribution in [0.4, 0.5) is 10.2 Å². The van der Waals surface area contributed by atoms with Gasteiger partial charge < -0.3 is 14.6 Å². The minimum Gasteiger partial charge on any atom is -0.491 e. The molecule has 28 heavy (non-hydrogen) atoms. The number of nitrogens with zero attached hydrogens (tertiary/aromatic N) is 4. The summed E-state index contributed by atoms with van der Waals surface area (Å²) >= 11 is 0. The number of allylic oxidation sites excluding steroid dienone is 1. The highest BCUT2D eigenvalue weighted by Crippen LogP contribution is 2.31. The first-order chi connectivity index (χ1) is 13.7. The highest BCUT2D eigenvalue weighted by Gasteiger charge is 2.35. The topological polar surface area (TPSA) is 66.9 Å². The first kappa shape index (κ1) is 18.4. The van der Waals surface area contributed by atoms with Crippen LogP contribution in [0.3, 0.4) is 0 Å². The van der Waals surface area contributed by atoms with Crippen LogP contribution in [0.5, 0.6) is 5.75 Å². The lowest BCUT2D eigenvalue weighted by Crippen LogP contribution is -2.35. The maximum absolute atomic E-state index is 14.3. The Morgan fingerprint density at radius 2 is 2.21 bits per heavy atom. The van der Waals surface area contributed by atoms with E-state index in [1.807, 2.05) is 30.0 Å². The van der Waals surface area contributed by atoms with Crippen molar-refractivity contribution >= 4 is 23.1 Å². The van der Waals surface area contributed by atoms with Crippen LogP contribution in [-0.2, 0) is 6.42 Å². The molecule has 0 saturated carbocycles. The Hall–Kier alpha value is -2.96. The molecule has 0 aliphatic carbocycles. The van der Waals surface area contributed by atoms with E-state index in [2.05, 4.69) is 39.0 Å². The van der Waals surface area contributed by atoms with Gasteiger partial charge >= 0.3 is 0 Å². The Kier molecular flexibility index (Phi) is 5.23. The molecule has 0 radical (unpaired) electrons. The number of hydrogen-bond acceptors (Lipinski definition) is 5. The number of halogens is 1. The fraction of sp³-hybridized carbons (Fsp3) is 0.381. The van der Waals surface area contributed by atoms with Crippen molar-refractivity contribution in [2.45, 2.75) is 38.9 Å². The molecule has 1 saturated heterocycles. The van der Waals surface area contributed by atoms with Gasteiger partial charge in [-0.05, 0) is 25.0 Å². The normalized spacial score (nSPS) is 19.8. The second kappa shape index (κ2) is 7.96. The molecule has 2 unspecified atom stereocenters. The van der Waals surface area contributed by atoms with Crippen LogP contribution in [0.2, 0.25) is 0 Å². The van der Waals surface area contributed by atoms with Gasteiger partial charge in [0, 0.05) is 12.0 Å². The predicted molar refractivity (Wildman–Crippen MR) is 108 cm³/mol. The summed E-state index contributed by atoms with van der Waals surface area (Å²) in [5.41, 5.74) is 3.63. The SMILES string of the molecule is CC=Cc1cccc(OCC2CC(F)CN2c2ncnc3nc[nH]c23)c1CC. The van der Waals surface area contributed by atoms with Gasteiger partial charge in [0.15, 0.2) is 11.5 Å². The molecule has 2 atom stereocenters. The lowest BCUT2D eigenvalue weighted by molar-refractivity contribution is 0.273. The first-order valence-electron chi connectivity index (χ1n) is 9.63. The zero-order chi connectivity index (χ0) is 19.5. The van der Waals surface area contributed by atoms with E-state index >= 15 is 0 Å². The fourth-order valence-electron chi connectivity index (χ4n) is 3.86. The van der Waals surface area contributed by atoms with Crippen molar-refractivity contribution in [2.75, 3.05) is 18.1 Å². The summed E-state index contributed by atoms with van der Waals surface area (Å²) in [7, 11) is 0.